The van der Waals surface area contributed by atoms with Crippen molar-refractivity contribution in [1.29, 1.82) is 0 Å². The maximum atomic E-state index is 12.8. The van der Waals surface area contributed by atoms with Gasteiger partial charge in [-0.3, -0.25) is 4.79 Å². The number of hydrogen-bond acceptors (Lipinski definition) is 5. The van der Waals surface area contributed by atoms with Gasteiger partial charge in [0.2, 0.25) is 0 Å². The summed E-state index contributed by atoms with van der Waals surface area (Å²) in [4.78, 5) is 27.8. The lowest BCUT2D eigenvalue weighted by Gasteiger charge is -2.18. The highest BCUT2D eigenvalue weighted by Crippen LogP contribution is 2.26. The van der Waals surface area contributed by atoms with E-state index in [-0.39, 0.29) is 23.6 Å². The second kappa shape index (κ2) is 10.4. The number of amides is 1. The van der Waals surface area contributed by atoms with Crippen molar-refractivity contribution in [2.75, 3.05) is 5.32 Å². The largest absolute Gasteiger partial charge is 0.491 e. The summed E-state index contributed by atoms with van der Waals surface area (Å²) in [5.74, 6) is -0.208. The molecule has 0 spiro atoms. The molecule has 1 unspecified atom stereocenters. The van der Waals surface area contributed by atoms with Crippen molar-refractivity contribution in [3.05, 3.63) is 83.6 Å². The van der Waals surface area contributed by atoms with E-state index >= 15 is 0 Å². The lowest BCUT2D eigenvalue weighted by molar-refractivity contribution is 0.0696. The highest BCUT2D eigenvalue weighted by atomic mass is 16.5. The molecule has 0 saturated carbocycles. The summed E-state index contributed by atoms with van der Waals surface area (Å²) in [6.07, 6.45) is 1.72. The van der Waals surface area contributed by atoms with Crippen LogP contribution in [-0.4, -0.2) is 34.2 Å². The number of carboxylic acid groups (broad SMARTS) is 1. The first kappa shape index (κ1) is 22.8. The number of carboxylic acids is 1. The zero-order valence-electron chi connectivity index (χ0n) is 18.2. The molecule has 0 fully saturated rings. The van der Waals surface area contributed by atoms with E-state index in [1.807, 2.05) is 51.1 Å². The van der Waals surface area contributed by atoms with E-state index in [0.29, 0.717) is 17.1 Å². The van der Waals surface area contributed by atoms with Gasteiger partial charge in [0.1, 0.15) is 17.3 Å². The summed E-state index contributed by atoms with van der Waals surface area (Å²) < 4.78 is 11.9. The first-order chi connectivity index (χ1) is 15.3. The summed E-state index contributed by atoms with van der Waals surface area (Å²) in [5.41, 5.74) is 1.54. The Morgan fingerprint density at radius 1 is 0.938 bits per heavy atom. The number of nitrogens with one attached hydrogen (secondary N) is 1. The Labute approximate surface area is 187 Å². The second-order valence-corrected chi connectivity index (χ2v) is 7.67. The van der Waals surface area contributed by atoms with Crippen molar-refractivity contribution < 1.29 is 24.2 Å². The first-order valence-corrected chi connectivity index (χ1v) is 10.3. The summed E-state index contributed by atoms with van der Waals surface area (Å²) in [6.45, 7) is 5.77. The van der Waals surface area contributed by atoms with Crippen molar-refractivity contribution in [2.45, 2.75) is 39.4 Å². The van der Waals surface area contributed by atoms with Crippen molar-refractivity contribution >= 4 is 17.7 Å². The van der Waals surface area contributed by atoms with Crippen LogP contribution in [0.25, 0.3) is 0 Å². The monoisotopic (exact) mass is 434 g/mol. The fourth-order valence-corrected chi connectivity index (χ4v) is 3.11. The minimum Gasteiger partial charge on any atom is -0.491 e. The molecular formula is C25H26N2O5. The average Bonchev–Trinajstić information content (AvgIpc) is 2.74. The van der Waals surface area contributed by atoms with Crippen molar-refractivity contribution in [2.24, 2.45) is 0 Å². The minimum atomic E-state index is -1.08. The van der Waals surface area contributed by atoms with Gasteiger partial charge in [-0.2, -0.15) is 0 Å². The number of carbonyl (C=O) groups excluding carboxylic acids is 1. The molecule has 7 heteroatoms. The molecule has 0 radical (unpaired) electrons. The number of rotatable bonds is 9. The Balaban J connectivity index is 1.77. The van der Waals surface area contributed by atoms with Gasteiger partial charge in [-0.25, -0.2) is 9.78 Å². The fraction of sp³-hybridized carbons (Fsp3) is 0.240. The third-order valence-corrected chi connectivity index (χ3v) is 4.47. The molecule has 0 aliphatic heterocycles. The maximum Gasteiger partial charge on any atom is 0.337 e. The van der Waals surface area contributed by atoms with Crippen molar-refractivity contribution in [1.82, 2.24) is 4.98 Å². The molecular weight excluding hydrogens is 408 g/mol. The molecule has 0 bridgehead atoms. The van der Waals surface area contributed by atoms with Crippen LogP contribution in [0, 0.1) is 0 Å². The Morgan fingerprint density at radius 2 is 1.62 bits per heavy atom. The third kappa shape index (κ3) is 6.57. The summed E-state index contributed by atoms with van der Waals surface area (Å²) in [7, 11) is 0. The molecule has 166 valence electrons. The molecule has 1 aromatic heterocycles. The van der Waals surface area contributed by atoms with Crippen LogP contribution in [0.1, 0.15) is 47.1 Å². The van der Waals surface area contributed by atoms with Gasteiger partial charge in [0.15, 0.2) is 0 Å². The van der Waals surface area contributed by atoms with E-state index in [2.05, 4.69) is 10.3 Å². The summed E-state index contributed by atoms with van der Waals surface area (Å²) in [6, 6.07) is 17.9. The van der Waals surface area contributed by atoms with E-state index in [1.54, 1.807) is 18.2 Å². The molecule has 32 heavy (non-hydrogen) atoms. The molecule has 0 aliphatic carbocycles. The molecule has 1 atom stereocenters. The van der Waals surface area contributed by atoms with Gasteiger partial charge in [-0.15, -0.1) is 0 Å². The third-order valence-electron chi connectivity index (χ3n) is 4.47. The molecule has 3 aromatic rings. The van der Waals surface area contributed by atoms with E-state index in [1.165, 1.54) is 18.3 Å². The Hall–Kier alpha value is -3.87. The van der Waals surface area contributed by atoms with Gasteiger partial charge in [-0.05, 0) is 50.6 Å². The van der Waals surface area contributed by atoms with E-state index < -0.39 is 11.9 Å². The van der Waals surface area contributed by atoms with Crippen molar-refractivity contribution in [3.63, 3.8) is 0 Å². The number of pyridine rings is 1. The predicted octanol–water partition coefficient (Wildman–Crippen LogP) is 4.83. The van der Waals surface area contributed by atoms with Gasteiger partial charge in [-0.1, -0.05) is 30.3 Å². The average molecular weight is 434 g/mol. The van der Waals surface area contributed by atoms with Gasteiger partial charge >= 0.3 is 5.97 Å². The van der Waals surface area contributed by atoms with Crippen molar-refractivity contribution in [3.8, 4) is 11.5 Å². The number of aromatic carboxylic acids is 1. The minimum absolute atomic E-state index is 0.0402. The van der Waals surface area contributed by atoms with E-state index in [4.69, 9.17) is 14.6 Å². The lowest BCUT2D eigenvalue weighted by Crippen LogP contribution is -2.17. The van der Waals surface area contributed by atoms with Crippen LogP contribution in [0.3, 0.4) is 0 Å². The normalized spacial score (nSPS) is 11.6. The number of ether oxygens (including phenoxy) is 2. The zero-order valence-corrected chi connectivity index (χ0v) is 18.2. The molecule has 1 heterocycles. The molecule has 2 N–H and O–H groups in total. The van der Waals surface area contributed by atoms with Crippen LogP contribution in [0.5, 0.6) is 11.5 Å². The first-order valence-electron chi connectivity index (χ1n) is 10.3. The van der Waals surface area contributed by atoms with Crippen LogP contribution in [0.2, 0.25) is 0 Å². The Kier molecular flexibility index (Phi) is 7.44. The SMILES string of the molecule is CC(C)Oc1cc(OC(C)Cc2ccccc2)cc(C(=O)Nc2ccc(C(=O)O)cn2)c1. The predicted molar refractivity (Wildman–Crippen MR) is 122 cm³/mol. The topological polar surface area (TPSA) is 97.8 Å². The molecule has 7 nitrogen and oxygen atoms in total. The molecule has 2 aromatic carbocycles. The highest BCUT2D eigenvalue weighted by Gasteiger charge is 2.14. The van der Waals surface area contributed by atoms with Gasteiger partial charge in [0, 0.05) is 24.2 Å². The second-order valence-electron chi connectivity index (χ2n) is 7.67. The number of hydrogen-bond donors (Lipinski definition) is 2. The summed E-state index contributed by atoms with van der Waals surface area (Å²) in [5, 5.41) is 11.6. The van der Waals surface area contributed by atoms with Crippen LogP contribution in [-0.2, 0) is 6.42 Å². The summed E-state index contributed by atoms with van der Waals surface area (Å²) >= 11 is 0. The van der Waals surface area contributed by atoms with Crippen LogP contribution >= 0.6 is 0 Å². The van der Waals surface area contributed by atoms with E-state index in [9.17, 15) is 9.59 Å². The number of carbonyl (C=O) groups is 2. The molecule has 1 amide bonds. The van der Waals surface area contributed by atoms with Crippen LogP contribution < -0.4 is 14.8 Å². The van der Waals surface area contributed by atoms with Crippen LogP contribution in [0.15, 0.2) is 66.9 Å². The zero-order chi connectivity index (χ0) is 23.1. The van der Waals surface area contributed by atoms with Gasteiger partial charge < -0.3 is 19.9 Å². The number of anilines is 1. The molecule has 0 saturated heterocycles. The van der Waals surface area contributed by atoms with Crippen LogP contribution in [0.4, 0.5) is 5.82 Å². The molecule has 0 aliphatic rings. The highest BCUT2D eigenvalue weighted by molar-refractivity contribution is 6.04. The van der Waals surface area contributed by atoms with Gasteiger partial charge in [0.05, 0.1) is 17.8 Å². The number of benzene rings is 2. The van der Waals surface area contributed by atoms with Gasteiger partial charge in [0.25, 0.3) is 5.91 Å². The fourth-order valence-electron chi connectivity index (χ4n) is 3.11. The Bertz CT molecular complexity index is 1070. The lowest BCUT2D eigenvalue weighted by atomic mass is 10.1. The standard InChI is InChI=1S/C25H26N2O5/c1-16(2)31-21-12-20(24(28)27-23-10-9-19(15-26-23)25(29)30)13-22(14-21)32-17(3)11-18-7-5-4-6-8-18/h4-10,12-17H,11H2,1-3H3,(H,29,30)(H,26,27,28). The number of nitrogens with zero attached hydrogens (tertiary/aromatic N) is 1. The maximum absolute atomic E-state index is 12.8. The number of aromatic nitrogens is 1. The quantitative estimate of drug-likeness (QED) is 0.501. The Morgan fingerprint density at radius 3 is 2.22 bits per heavy atom. The molecule has 3 rings (SSSR count). The van der Waals surface area contributed by atoms with E-state index in [0.717, 1.165) is 12.0 Å². The smallest absolute Gasteiger partial charge is 0.337 e.